The van der Waals surface area contributed by atoms with Crippen molar-refractivity contribution in [2.45, 2.75) is 0 Å². The van der Waals surface area contributed by atoms with Gasteiger partial charge in [0.15, 0.2) is 0 Å². The average molecular weight is 194 g/mol. The highest BCUT2D eigenvalue weighted by atomic mass is 14.8. The molecule has 0 spiro atoms. The molecule has 1 N–H and O–H groups in total. The van der Waals surface area contributed by atoms with Gasteiger partial charge in [0.1, 0.15) is 0 Å². The summed E-state index contributed by atoms with van der Waals surface area (Å²) in [7, 11) is 0. The van der Waals surface area contributed by atoms with Gasteiger partial charge in [0.2, 0.25) is 0 Å². The number of nitrogens with zero attached hydrogens (tertiary/aromatic N) is 1. The van der Waals surface area contributed by atoms with Crippen LogP contribution in [0.1, 0.15) is 5.56 Å². The lowest BCUT2D eigenvalue weighted by Crippen LogP contribution is -1.87. The van der Waals surface area contributed by atoms with Crippen LogP contribution in [0.2, 0.25) is 0 Å². The van der Waals surface area contributed by atoms with Crippen LogP contribution in [-0.2, 0) is 0 Å². The molecule has 0 atom stereocenters. The summed E-state index contributed by atoms with van der Waals surface area (Å²) in [5.41, 5.74) is 1.90. The highest BCUT2D eigenvalue weighted by Crippen LogP contribution is 2.03. The summed E-state index contributed by atoms with van der Waals surface area (Å²) < 4.78 is 0. The summed E-state index contributed by atoms with van der Waals surface area (Å²) in [6.07, 6.45) is 3.47. The van der Waals surface area contributed by atoms with Crippen molar-refractivity contribution in [3.63, 3.8) is 0 Å². The van der Waals surface area contributed by atoms with Gasteiger partial charge in [-0.2, -0.15) is 0 Å². The molecule has 2 nitrogen and oxygen atoms in total. The predicted molar refractivity (Wildman–Crippen MR) is 61.2 cm³/mol. The molecule has 0 radical (unpaired) electrons. The molecule has 0 bridgehead atoms. The van der Waals surface area contributed by atoms with Crippen molar-refractivity contribution in [2.75, 3.05) is 5.32 Å². The lowest BCUT2D eigenvalue weighted by Gasteiger charge is -1.94. The number of anilines is 1. The zero-order valence-corrected chi connectivity index (χ0v) is 8.14. The number of para-hydroxylation sites is 1. The Morgan fingerprint density at radius 1 is 1.00 bits per heavy atom. The average Bonchev–Trinajstić information content (AvgIpc) is 2.32. The van der Waals surface area contributed by atoms with Crippen molar-refractivity contribution in [2.24, 2.45) is 0 Å². The van der Waals surface area contributed by atoms with E-state index in [1.165, 1.54) is 0 Å². The first-order valence-electron chi connectivity index (χ1n) is 4.67. The van der Waals surface area contributed by atoms with E-state index in [4.69, 9.17) is 0 Å². The molecular weight excluding hydrogens is 184 g/mol. The fourth-order valence-corrected chi connectivity index (χ4v) is 1.13. The number of hydrogen-bond acceptors (Lipinski definition) is 2. The van der Waals surface area contributed by atoms with Gasteiger partial charge in [-0.15, -0.1) is 0 Å². The first-order valence-corrected chi connectivity index (χ1v) is 4.67. The quantitative estimate of drug-likeness (QED) is 0.557. The minimum Gasteiger partial charge on any atom is -0.315 e. The Labute approximate surface area is 89.0 Å². The van der Waals surface area contributed by atoms with E-state index in [1.54, 1.807) is 12.4 Å². The molecule has 1 heterocycles. The minimum atomic E-state index is 0.904. The molecule has 0 aliphatic carbocycles. The normalized spacial score (nSPS) is 8.80. The minimum absolute atomic E-state index is 0.904. The summed E-state index contributed by atoms with van der Waals surface area (Å²) in [6.45, 7) is 0. The summed E-state index contributed by atoms with van der Waals surface area (Å²) in [6, 6.07) is 16.5. The third-order valence-corrected chi connectivity index (χ3v) is 1.85. The van der Waals surface area contributed by atoms with E-state index in [0.29, 0.717) is 0 Å². The van der Waals surface area contributed by atoms with E-state index in [-0.39, 0.29) is 0 Å². The number of pyridine rings is 1. The second kappa shape index (κ2) is 4.83. The fourth-order valence-electron chi connectivity index (χ4n) is 1.13. The van der Waals surface area contributed by atoms with Gasteiger partial charge in [-0.25, -0.2) is 0 Å². The van der Waals surface area contributed by atoms with Crippen LogP contribution >= 0.6 is 0 Å². The summed E-state index contributed by atoms with van der Waals surface area (Å²) in [4.78, 5) is 3.98. The Hall–Kier alpha value is -2.27. The first-order chi connectivity index (χ1) is 7.45. The monoisotopic (exact) mass is 194 g/mol. The largest absolute Gasteiger partial charge is 0.315 e. The maximum absolute atomic E-state index is 3.98. The molecule has 15 heavy (non-hydrogen) atoms. The molecule has 0 aliphatic rings. The van der Waals surface area contributed by atoms with E-state index in [1.807, 2.05) is 42.5 Å². The van der Waals surface area contributed by atoms with Gasteiger partial charge >= 0.3 is 0 Å². The molecule has 1 aromatic carbocycles. The molecule has 72 valence electrons. The van der Waals surface area contributed by atoms with Crippen molar-refractivity contribution < 1.29 is 0 Å². The fraction of sp³-hybridized carbons (Fsp3) is 0. The Morgan fingerprint density at radius 3 is 2.60 bits per heavy atom. The zero-order chi connectivity index (χ0) is 10.3. The summed E-state index contributed by atoms with van der Waals surface area (Å²) >= 11 is 0. The summed E-state index contributed by atoms with van der Waals surface area (Å²) in [5.74, 6) is 2.97. The Bertz CT molecular complexity index is 466. The lowest BCUT2D eigenvalue weighted by molar-refractivity contribution is 1.31. The topological polar surface area (TPSA) is 24.9 Å². The Kier molecular flexibility index (Phi) is 2.99. The van der Waals surface area contributed by atoms with Gasteiger partial charge in [-0.1, -0.05) is 18.2 Å². The molecule has 1 aromatic heterocycles. The van der Waals surface area contributed by atoms with E-state index >= 15 is 0 Å². The highest BCUT2D eigenvalue weighted by Gasteiger charge is 1.84. The van der Waals surface area contributed by atoms with Gasteiger partial charge in [0.05, 0.1) is 0 Å². The van der Waals surface area contributed by atoms with Crippen LogP contribution in [0.3, 0.4) is 0 Å². The van der Waals surface area contributed by atoms with Gasteiger partial charge in [-0.05, 0) is 30.2 Å². The number of hydrogen-bond donors (Lipinski definition) is 1. The smallest absolute Gasteiger partial charge is 0.0459 e. The second-order valence-corrected chi connectivity index (χ2v) is 2.98. The lowest BCUT2D eigenvalue weighted by atomic mass is 10.3. The molecule has 0 unspecified atom stereocenters. The molecule has 0 saturated carbocycles. The van der Waals surface area contributed by atoms with E-state index in [9.17, 15) is 0 Å². The molecule has 2 heteroatoms. The van der Waals surface area contributed by atoms with Crippen molar-refractivity contribution in [1.82, 2.24) is 4.98 Å². The molecule has 2 aromatic rings. The highest BCUT2D eigenvalue weighted by molar-refractivity contribution is 5.48. The first kappa shape index (κ1) is 9.29. The van der Waals surface area contributed by atoms with Crippen LogP contribution in [0.25, 0.3) is 0 Å². The van der Waals surface area contributed by atoms with Crippen molar-refractivity contribution in [3.05, 3.63) is 60.4 Å². The molecule has 2 rings (SSSR count). The zero-order valence-electron chi connectivity index (χ0n) is 8.14. The van der Waals surface area contributed by atoms with E-state index in [2.05, 4.69) is 22.3 Å². The summed E-state index contributed by atoms with van der Waals surface area (Å²) in [5, 5.41) is 3.00. The number of rotatable bonds is 1. The van der Waals surface area contributed by atoms with Crippen LogP contribution in [-0.4, -0.2) is 4.98 Å². The molecule has 0 aliphatic heterocycles. The van der Waals surface area contributed by atoms with Crippen molar-refractivity contribution >= 4 is 5.69 Å². The van der Waals surface area contributed by atoms with Gasteiger partial charge in [0.25, 0.3) is 0 Å². The third-order valence-electron chi connectivity index (χ3n) is 1.85. The van der Waals surface area contributed by atoms with Gasteiger partial charge in [0, 0.05) is 29.7 Å². The second-order valence-electron chi connectivity index (χ2n) is 2.98. The number of nitrogens with one attached hydrogen (secondary N) is 1. The van der Waals surface area contributed by atoms with Crippen LogP contribution in [0, 0.1) is 12.0 Å². The Morgan fingerprint density at radius 2 is 1.87 bits per heavy atom. The van der Waals surface area contributed by atoms with E-state index < -0.39 is 0 Å². The molecular formula is C13H10N2. The van der Waals surface area contributed by atoms with Gasteiger partial charge < -0.3 is 5.32 Å². The predicted octanol–water partition coefficient (Wildman–Crippen LogP) is 2.50. The molecule has 0 fully saturated rings. The van der Waals surface area contributed by atoms with Crippen LogP contribution in [0.5, 0.6) is 0 Å². The van der Waals surface area contributed by atoms with Crippen molar-refractivity contribution in [3.8, 4) is 12.0 Å². The van der Waals surface area contributed by atoms with Crippen LogP contribution in [0.15, 0.2) is 54.9 Å². The number of benzene rings is 1. The van der Waals surface area contributed by atoms with E-state index in [0.717, 1.165) is 11.3 Å². The van der Waals surface area contributed by atoms with Crippen molar-refractivity contribution in [1.29, 1.82) is 0 Å². The molecule has 0 amide bonds. The van der Waals surface area contributed by atoms with Crippen LogP contribution < -0.4 is 5.32 Å². The SMILES string of the molecule is C(#Cc1cccnc1)Nc1ccccc1. The molecule has 0 saturated heterocycles. The maximum atomic E-state index is 3.98. The Balaban J connectivity index is 2.03. The maximum Gasteiger partial charge on any atom is 0.0459 e. The van der Waals surface area contributed by atoms with Crippen LogP contribution in [0.4, 0.5) is 5.69 Å². The number of aromatic nitrogens is 1. The third kappa shape index (κ3) is 2.85. The van der Waals surface area contributed by atoms with Gasteiger partial charge in [-0.3, -0.25) is 4.98 Å². The standard InChI is InChI=1S/C13H10N2/c1-2-6-13(7-3-1)15-10-8-12-5-4-9-14-11-12/h1-7,9,11,15H.